The van der Waals surface area contributed by atoms with Crippen LogP contribution in [0.15, 0.2) is 100 Å². The van der Waals surface area contributed by atoms with E-state index in [1.807, 2.05) is 24.4 Å². The topological polar surface area (TPSA) is 33.6 Å². The van der Waals surface area contributed by atoms with Crippen LogP contribution >= 0.6 is 15.9 Å². The maximum Gasteiger partial charge on any atom is 0.128 e. The summed E-state index contributed by atoms with van der Waals surface area (Å²) in [5, 5.41) is 3.84. The molecule has 39 heavy (non-hydrogen) atoms. The van der Waals surface area contributed by atoms with Crippen molar-refractivity contribution in [3.8, 4) is 5.75 Å². The second-order valence-electron chi connectivity index (χ2n) is 10.9. The van der Waals surface area contributed by atoms with Gasteiger partial charge in [-0.15, -0.1) is 0 Å². The third-order valence-electron chi connectivity index (χ3n) is 7.77. The smallest absolute Gasteiger partial charge is 0.128 e. The zero-order chi connectivity index (χ0) is 26.9. The van der Waals surface area contributed by atoms with Gasteiger partial charge in [-0.2, -0.15) is 0 Å². The van der Waals surface area contributed by atoms with Crippen LogP contribution in [0, 0.1) is 26.7 Å². The van der Waals surface area contributed by atoms with Gasteiger partial charge in [-0.1, -0.05) is 87.2 Å². The lowest BCUT2D eigenvalue weighted by Gasteiger charge is -2.37. The van der Waals surface area contributed by atoms with Crippen LogP contribution in [0.4, 0.5) is 11.4 Å². The highest BCUT2D eigenvalue weighted by molar-refractivity contribution is 9.10. The van der Waals surface area contributed by atoms with E-state index >= 15 is 0 Å². The van der Waals surface area contributed by atoms with Crippen LogP contribution in [0.25, 0.3) is 0 Å². The third kappa shape index (κ3) is 5.58. The maximum atomic E-state index is 6.22. The lowest BCUT2D eigenvalue weighted by atomic mass is 9.76. The Bertz CT molecular complexity index is 1550. The van der Waals surface area contributed by atoms with Gasteiger partial charge in [0.15, 0.2) is 0 Å². The molecule has 1 N–H and O–H groups in total. The molecule has 0 aromatic heterocycles. The van der Waals surface area contributed by atoms with Gasteiger partial charge in [0.2, 0.25) is 0 Å². The number of hydrogen-bond acceptors (Lipinski definition) is 3. The number of nitrogens with one attached hydrogen (secondary N) is 1. The molecule has 2 aliphatic rings. The Morgan fingerprint density at radius 3 is 2.49 bits per heavy atom. The molecule has 0 unspecified atom stereocenters. The first-order valence-electron chi connectivity index (χ1n) is 13.6. The summed E-state index contributed by atoms with van der Waals surface area (Å²) in [4.78, 5) is 4.80. The molecular formula is C35H33BrN2O. The Kier molecular flexibility index (Phi) is 7.14. The van der Waals surface area contributed by atoms with Crippen molar-refractivity contribution in [2.75, 3.05) is 5.32 Å². The molecule has 4 aromatic carbocycles. The second kappa shape index (κ2) is 10.9. The van der Waals surface area contributed by atoms with Crippen molar-refractivity contribution in [1.29, 1.82) is 0 Å². The molecule has 0 saturated carbocycles. The summed E-state index contributed by atoms with van der Waals surface area (Å²) in [6.07, 6.45) is 7.74. The molecule has 1 heterocycles. The second-order valence-corrected chi connectivity index (χ2v) is 11.8. The average Bonchev–Trinajstić information content (AvgIpc) is 3.41. The van der Waals surface area contributed by atoms with Crippen molar-refractivity contribution in [2.24, 2.45) is 10.9 Å². The molecule has 196 valence electrons. The largest absolute Gasteiger partial charge is 0.488 e. The summed E-state index contributed by atoms with van der Waals surface area (Å²) < 4.78 is 7.22. The highest BCUT2D eigenvalue weighted by Gasteiger charge is 2.37. The van der Waals surface area contributed by atoms with E-state index in [1.165, 1.54) is 39.1 Å². The van der Waals surface area contributed by atoms with Gasteiger partial charge in [-0.05, 0) is 86.2 Å². The Labute approximate surface area is 239 Å². The Morgan fingerprint density at radius 1 is 0.897 bits per heavy atom. The summed E-state index contributed by atoms with van der Waals surface area (Å²) in [7, 11) is 0. The predicted molar refractivity (Wildman–Crippen MR) is 166 cm³/mol. The first-order chi connectivity index (χ1) is 18.9. The van der Waals surface area contributed by atoms with Crippen molar-refractivity contribution in [1.82, 2.24) is 0 Å². The minimum Gasteiger partial charge on any atom is -0.488 e. The molecule has 4 aromatic rings. The summed E-state index contributed by atoms with van der Waals surface area (Å²) in [5.41, 5.74) is 10.8. The van der Waals surface area contributed by atoms with Crippen molar-refractivity contribution in [3.05, 3.63) is 134 Å². The van der Waals surface area contributed by atoms with Crippen molar-refractivity contribution in [3.63, 3.8) is 0 Å². The van der Waals surface area contributed by atoms with Crippen LogP contribution in [0.3, 0.4) is 0 Å². The molecule has 0 radical (unpaired) electrons. The number of benzene rings is 4. The molecule has 1 aliphatic carbocycles. The molecule has 0 fully saturated rings. The van der Waals surface area contributed by atoms with E-state index in [-0.39, 0.29) is 6.04 Å². The molecule has 0 amide bonds. The molecule has 0 bridgehead atoms. The predicted octanol–water partition coefficient (Wildman–Crippen LogP) is 9.53. The highest BCUT2D eigenvalue weighted by Crippen LogP contribution is 2.50. The van der Waals surface area contributed by atoms with Crippen molar-refractivity contribution >= 4 is 33.5 Å². The van der Waals surface area contributed by atoms with Crippen LogP contribution in [-0.4, -0.2) is 6.21 Å². The standard InChI is InChI=1S/C35H33BrN2O/c1-22-7-13-33-32(18-22)30-5-4-6-31(30)35(38-33)26-8-11-29(12-9-26)37-20-27-19-28(36)10-14-34(27)39-21-25-16-23(2)15-24(3)17-25/h4-5,7-20,30-31,35,38H,6,21H2,1-3H3/t30-,31+,35-/m0/s1. The fraction of sp³-hybridized carbons (Fsp3) is 0.229. The minimum atomic E-state index is 0.286. The van der Waals surface area contributed by atoms with Crippen LogP contribution in [0.5, 0.6) is 5.75 Å². The van der Waals surface area contributed by atoms with Crippen molar-refractivity contribution < 1.29 is 4.74 Å². The number of nitrogens with zero attached hydrogens (tertiary/aromatic N) is 1. The summed E-state index contributed by atoms with van der Waals surface area (Å²) in [5.74, 6) is 1.83. The molecular weight excluding hydrogens is 544 g/mol. The Hall–Kier alpha value is -3.63. The third-order valence-corrected chi connectivity index (χ3v) is 8.26. The van der Waals surface area contributed by atoms with Gasteiger partial charge in [0.25, 0.3) is 0 Å². The van der Waals surface area contributed by atoms with Crippen LogP contribution in [-0.2, 0) is 6.61 Å². The van der Waals surface area contributed by atoms with Gasteiger partial charge in [0.1, 0.15) is 12.4 Å². The molecule has 1 aliphatic heterocycles. The summed E-state index contributed by atoms with van der Waals surface area (Å²) in [6, 6.07) is 28.3. The normalized spacial score (nSPS) is 19.5. The van der Waals surface area contributed by atoms with E-state index in [0.29, 0.717) is 18.4 Å². The average molecular weight is 578 g/mol. The van der Waals surface area contributed by atoms with E-state index in [1.54, 1.807) is 0 Å². The van der Waals surface area contributed by atoms with Gasteiger partial charge in [0, 0.05) is 27.9 Å². The summed E-state index contributed by atoms with van der Waals surface area (Å²) >= 11 is 3.60. The maximum absolute atomic E-state index is 6.22. The van der Waals surface area contributed by atoms with E-state index in [0.717, 1.165) is 27.9 Å². The SMILES string of the molecule is Cc1cc(C)cc(COc2ccc(Br)cc2C=Nc2ccc([C@@H]3Nc4ccc(C)cc4[C@H]4C=CC[C@H]43)cc2)c1. The van der Waals surface area contributed by atoms with Gasteiger partial charge < -0.3 is 10.1 Å². The monoisotopic (exact) mass is 576 g/mol. The molecule has 0 saturated heterocycles. The first kappa shape index (κ1) is 25.6. The number of aryl methyl sites for hydroxylation is 3. The summed E-state index contributed by atoms with van der Waals surface area (Å²) in [6.45, 7) is 6.93. The van der Waals surface area contributed by atoms with Gasteiger partial charge in [-0.25, -0.2) is 0 Å². The number of ether oxygens (including phenoxy) is 1. The fourth-order valence-corrected chi connectivity index (χ4v) is 6.40. The lowest BCUT2D eigenvalue weighted by Crippen LogP contribution is -2.29. The van der Waals surface area contributed by atoms with Crippen LogP contribution in [0.1, 0.15) is 57.3 Å². The van der Waals surface area contributed by atoms with Gasteiger partial charge in [0.05, 0.1) is 11.7 Å². The molecule has 3 nitrogen and oxygen atoms in total. The van der Waals surface area contributed by atoms with E-state index < -0.39 is 0 Å². The number of aliphatic imine (C=N–C) groups is 1. The van der Waals surface area contributed by atoms with Gasteiger partial charge in [-0.3, -0.25) is 4.99 Å². The van der Waals surface area contributed by atoms with Crippen LogP contribution < -0.4 is 10.1 Å². The first-order valence-corrected chi connectivity index (χ1v) is 14.4. The molecule has 4 heteroatoms. The number of halogens is 1. The number of rotatable bonds is 6. The number of anilines is 1. The zero-order valence-corrected chi connectivity index (χ0v) is 24.2. The van der Waals surface area contributed by atoms with E-state index in [4.69, 9.17) is 9.73 Å². The van der Waals surface area contributed by atoms with E-state index in [9.17, 15) is 0 Å². The van der Waals surface area contributed by atoms with Crippen molar-refractivity contribution in [2.45, 2.75) is 45.8 Å². The zero-order valence-electron chi connectivity index (χ0n) is 22.6. The van der Waals surface area contributed by atoms with E-state index in [2.05, 4.69) is 115 Å². The number of fused-ring (bicyclic) bond motifs is 3. The van der Waals surface area contributed by atoms with Crippen LogP contribution in [0.2, 0.25) is 0 Å². The number of allylic oxidation sites excluding steroid dienone is 2. The Morgan fingerprint density at radius 2 is 1.69 bits per heavy atom. The molecule has 6 rings (SSSR count). The lowest BCUT2D eigenvalue weighted by molar-refractivity contribution is 0.305. The minimum absolute atomic E-state index is 0.286. The molecule has 3 atom stereocenters. The Balaban J connectivity index is 1.19. The highest BCUT2D eigenvalue weighted by atomic mass is 79.9. The van der Waals surface area contributed by atoms with Gasteiger partial charge >= 0.3 is 0 Å². The fourth-order valence-electron chi connectivity index (χ4n) is 6.02. The quantitative estimate of drug-likeness (QED) is 0.183. The number of hydrogen-bond donors (Lipinski definition) is 1. The molecule has 0 spiro atoms.